The normalized spacial score (nSPS) is 24.7. The molecule has 1 aliphatic carbocycles. The van der Waals surface area contributed by atoms with Gasteiger partial charge >= 0.3 is 6.03 Å². The first-order valence-electron chi connectivity index (χ1n) is 9.15. The molecule has 0 spiro atoms. The Balaban J connectivity index is 1.94. The first kappa shape index (κ1) is 18.4. The molecule has 2 fully saturated rings. The van der Waals surface area contributed by atoms with Gasteiger partial charge in [0.1, 0.15) is 5.54 Å². The first-order valence-corrected chi connectivity index (χ1v) is 9.15. The average molecular weight is 359 g/mol. The number of imide groups is 1. The van der Waals surface area contributed by atoms with E-state index in [0.717, 1.165) is 31.2 Å². The summed E-state index contributed by atoms with van der Waals surface area (Å²) in [6.45, 7) is 0. The molecule has 0 aromatic heterocycles. The number of hydrogen-bond donors (Lipinski definition) is 3. The Hall–Kier alpha value is -2.41. The predicted octanol–water partition coefficient (Wildman–Crippen LogP) is 1.99. The molecule has 1 saturated carbocycles. The summed E-state index contributed by atoms with van der Waals surface area (Å²) in [5.74, 6) is -0.207. The van der Waals surface area contributed by atoms with Gasteiger partial charge in [0.2, 0.25) is 6.41 Å². The van der Waals surface area contributed by atoms with Crippen LogP contribution in [0.1, 0.15) is 44.1 Å². The molecular weight excluding hydrogens is 334 g/mol. The van der Waals surface area contributed by atoms with Gasteiger partial charge in [-0.25, -0.2) is 9.86 Å². The highest BCUT2D eigenvalue weighted by Gasteiger charge is 2.54. The van der Waals surface area contributed by atoms with Crippen molar-refractivity contribution in [3.05, 3.63) is 35.9 Å². The minimum Gasteiger partial charge on any atom is -0.321 e. The van der Waals surface area contributed by atoms with E-state index in [1.165, 1.54) is 6.42 Å². The van der Waals surface area contributed by atoms with Gasteiger partial charge in [-0.2, -0.15) is 0 Å². The van der Waals surface area contributed by atoms with Crippen molar-refractivity contribution < 1.29 is 19.6 Å². The molecule has 1 aliphatic heterocycles. The zero-order valence-electron chi connectivity index (χ0n) is 14.7. The zero-order chi connectivity index (χ0) is 18.6. The molecule has 1 saturated heterocycles. The maximum Gasteiger partial charge on any atom is 0.322 e. The van der Waals surface area contributed by atoms with E-state index in [1.54, 1.807) is 0 Å². The summed E-state index contributed by atoms with van der Waals surface area (Å²) in [6, 6.07) is 7.87. The van der Waals surface area contributed by atoms with Gasteiger partial charge in [0.15, 0.2) is 0 Å². The summed E-state index contributed by atoms with van der Waals surface area (Å²) in [6.07, 6.45) is 6.30. The molecule has 2 atom stereocenters. The van der Waals surface area contributed by atoms with Gasteiger partial charge in [-0.05, 0) is 24.3 Å². The van der Waals surface area contributed by atoms with Crippen LogP contribution in [-0.2, 0) is 16.0 Å². The highest BCUT2D eigenvalue weighted by atomic mass is 16.5. The Labute approximate surface area is 152 Å². The summed E-state index contributed by atoms with van der Waals surface area (Å²) >= 11 is 0. The fourth-order valence-electron chi connectivity index (χ4n) is 4.27. The Bertz CT molecular complexity index is 660. The number of carbonyl (C=O) groups is 3. The standard InChI is InChI=1S/C19H25N3O4/c23-13-22(26)16(11-14-7-3-1-4-8-14)19(17(24)20-18(25)21-19)12-15-9-5-2-6-10-15/h1,3-4,7-8,13,15-16,26H,2,5-6,9-12H2,(H2,20,21,24,25). The first-order chi connectivity index (χ1) is 12.5. The Morgan fingerprint density at radius 1 is 1.19 bits per heavy atom. The molecule has 1 heterocycles. The zero-order valence-corrected chi connectivity index (χ0v) is 14.7. The molecule has 26 heavy (non-hydrogen) atoms. The topological polar surface area (TPSA) is 98.7 Å². The van der Waals surface area contributed by atoms with E-state index in [2.05, 4.69) is 10.6 Å². The van der Waals surface area contributed by atoms with Gasteiger partial charge in [0, 0.05) is 0 Å². The molecule has 4 amide bonds. The highest BCUT2D eigenvalue weighted by Crippen LogP contribution is 2.35. The second-order valence-electron chi connectivity index (χ2n) is 7.28. The molecule has 3 rings (SSSR count). The van der Waals surface area contributed by atoms with E-state index in [1.807, 2.05) is 30.3 Å². The van der Waals surface area contributed by atoms with E-state index in [-0.39, 0.29) is 12.3 Å². The van der Waals surface area contributed by atoms with E-state index >= 15 is 0 Å². The molecule has 1 aromatic carbocycles. The molecule has 2 aliphatic rings. The van der Waals surface area contributed by atoms with Gasteiger partial charge in [0.25, 0.3) is 5.91 Å². The van der Waals surface area contributed by atoms with E-state index in [9.17, 15) is 19.6 Å². The molecule has 1 aromatic rings. The number of rotatable bonds is 7. The molecule has 2 unspecified atom stereocenters. The number of nitrogens with zero attached hydrogens (tertiary/aromatic N) is 1. The van der Waals surface area contributed by atoms with Crippen molar-refractivity contribution >= 4 is 18.3 Å². The monoisotopic (exact) mass is 359 g/mol. The number of hydroxylamine groups is 2. The van der Waals surface area contributed by atoms with Crippen molar-refractivity contribution in [1.29, 1.82) is 0 Å². The van der Waals surface area contributed by atoms with E-state index in [0.29, 0.717) is 17.9 Å². The van der Waals surface area contributed by atoms with Crippen LogP contribution in [0.2, 0.25) is 0 Å². The summed E-state index contributed by atoms with van der Waals surface area (Å²) in [5, 5.41) is 15.8. The fraction of sp³-hybridized carbons (Fsp3) is 0.526. The largest absolute Gasteiger partial charge is 0.322 e. The number of nitrogens with one attached hydrogen (secondary N) is 2. The van der Waals surface area contributed by atoms with Crippen molar-refractivity contribution in [2.75, 3.05) is 0 Å². The Kier molecular flexibility index (Phi) is 5.56. The van der Waals surface area contributed by atoms with Crippen LogP contribution in [0.15, 0.2) is 30.3 Å². The Morgan fingerprint density at radius 3 is 2.46 bits per heavy atom. The van der Waals surface area contributed by atoms with Crippen molar-refractivity contribution in [2.24, 2.45) is 5.92 Å². The van der Waals surface area contributed by atoms with Gasteiger partial charge in [-0.15, -0.1) is 0 Å². The van der Waals surface area contributed by atoms with Gasteiger partial charge in [-0.3, -0.25) is 20.1 Å². The van der Waals surface area contributed by atoms with Crippen LogP contribution in [0.4, 0.5) is 4.79 Å². The number of urea groups is 1. The van der Waals surface area contributed by atoms with Crippen LogP contribution < -0.4 is 10.6 Å². The van der Waals surface area contributed by atoms with Gasteiger partial charge < -0.3 is 5.32 Å². The van der Waals surface area contributed by atoms with Crippen LogP contribution >= 0.6 is 0 Å². The third-order valence-electron chi connectivity index (χ3n) is 5.57. The van der Waals surface area contributed by atoms with Gasteiger partial charge in [0.05, 0.1) is 6.04 Å². The maximum absolute atomic E-state index is 12.8. The summed E-state index contributed by atoms with van der Waals surface area (Å²) in [7, 11) is 0. The van der Waals surface area contributed by atoms with Gasteiger partial charge in [-0.1, -0.05) is 62.4 Å². The second-order valence-corrected chi connectivity index (χ2v) is 7.28. The van der Waals surface area contributed by atoms with E-state index < -0.39 is 23.5 Å². The minimum absolute atomic E-state index is 0.260. The quantitative estimate of drug-likeness (QED) is 0.300. The molecule has 140 valence electrons. The van der Waals surface area contributed by atoms with E-state index in [4.69, 9.17) is 0 Å². The number of carbonyl (C=O) groups excluding carboxylic acids is 3. The second kappa shape index (κ2) is 7.86. The third kappa shape index (κ3) is 3.72. The summed E-state index contributed by atoms with van der Waals surface area (Å²) in [4.78, 5) is 36.1. The lowest BCUT2D eigenvalue weighted by molar-refractivity contribution is -0.171. The van der Waals surface area contributed by atoms with Crippen molar-refractivity contribution in [3.8, 4) is 0 Å². The molecular formula is C19H25N3O4. The fourth-order valence-corrected chi connectivity index (χ4v) is 4.27. The SMILES string of the molecule is O=CN(O)C(Cc1ccccc1)C1(CC2CCCCC2)NC(=O)NC1=O. The van der Waals surface area contributed by atoms with Crippen molar-refractivity contribution in [2.45, 2.75) is 56.5 Å². The summed E-state index contributed by atoms with van der Waals surface area (Å²) < 4.78 is 0. The Morgan fingerprint density at radius 2 is 1.88 bits per heavy atom. The molecule has 3 N–H and O–H groups in total. The number of benzene rings is 1. The lowest BCUT2D eigenvalue weighted by Gasteiger charge is -2.40. The van der Waals surface area contributed by atoms with Crippen LogP contribution in [0.25, 0.3) is 0 Å². The average Bonchev–Trinajstić information content (AvgIpc) is 2.94. The third-order valence-corrected chi connectivity index (χ3v) is 5.57. The minimum atomic E-state index is -1.33. The highest BCUT2D eigenvalue weighted by molar-refractivity contribution is 6.07. The van der Waals surface area contributed by atoms with Crippen molar-refractivity contribution in [1.82, 2.24) is 15.7 Å². The van der Waals surface area contributed by atoms with Crippen LogP contribution in [0.5, 0.6) is 0 Å². The maximum atomic E-state index is 12.8. The lowest BCUT2D eigenvalue weighted by Crippen LogP contribution is -2.63. The summed E-state index contributed by atoms with van der Waals surface area (Å²) in [5.41, 5.74) is -0.458. The number of amides is 4. The van der Waals surface area contributed by atoms with Crippen molar-refractivity contribution in [3.63, 3.8) is 0 Å². The smallest absolute Gasteiger partial charge is 0.321 e. The van der Waals surface area contributed by atoms with Crippen LogP contribution in [0, 0.1) is 5.92 Å². The van der Waals surface area contributed by atoms with Crippen LogP contribution in [0.3, 0.4) is 0 Å². The molecule has 7 nitrogen and oxygen atoms in total. The number of hydrogen-bond acceptors (Lipinski definition) is 4. The molecule has 0 bridgehead atoms. The van der Waals surface area contributed by atoms with Crippen LogP contribution in [-0.4, -0.2) is 40.2 Å². The lowest BCUT2D eigenvalue weighted by atomic mass is 9.74. The predicted molar refractivity (Wildman–Crippen MR) is 94.2 cm³/mol. The molecule has 7 heteroatoms. The molecule has 0 radical (unpaired) electrons.